The van der Waals surface area contributed by atoms with Gasteiger partial charge in [-0.05, 0) is 30.9 Å². The summed E-state index contributed by atoms with van der Waals surface area (Å²) in [4.78, 5) is 4.08. The van der Waals surface area contributed by atoms with E-state index in [1.165, 1.54) is 12.8 Å². The third-order valence-corrected chi connectivity index (χ3v) is 2.70. The van der Waals surface area contributed by atoms with Crippen LogP contribution in [-0.4, -0.2) is 11.6 Å². The van der Waals surface area contributed by atoms with Gasteiger partial charge in [0.15, 0.2) is 0 Å². The molecule has 0 radical (unpaired) electrons. The first kappa shape index (κ1) is 9.97. The number of aryl methyl sites for hydroxylation is 1. The molecule has 3 nitrogen and oxygen atoms in total. The monoisotopic (exact) mass is 202 g/mol. The molecule has 15 heavy (non-hydrogen) atoms. The normalized spacial score (nSPS) is 14.7. The van der Waals surface area contributed by atoms with Crippen molar-refractivity contribution in [3.63, 3.8) is 0 Å². The highest BCUT2D eigenvalue weighted by Gasteiger charge is 2.21. The zero-order valence-electron chi connectivity index (χ0n) is 8.86. The summed E-state index contributed by atoms with van der Waals surface area (Å²) in [7, 11) is 0. The second-order valence-corrected chi connectivity index (χ2v) is 4.00. The van der Waals surface area contributed by atoms with E-state index in [9.17, 15) is 0 Å². The molecule has 0 spiro atoms. The van der Waals surface area contributed by atoms with Gasteiger partial charge in [-0.3, -0.25) is 0 Å². The molecule has 1 heterocycles. The van der Waals surface area contributed by atoms with Crippen LogP contribution in [0.4, 0.5) is 0 Å². The van der Waals surface area contributed by atoms with E-state index < -0.39 is 0 Å². The van der Waals surface area contributed by atoms with Gasteiger partial charge in [-0.25, -0.2) is 4.98 Å². The fraction of sp³-hybridized carbons (Fsp3) is 0.500. The van der Waals surface area contributed by atoms with E-state index in [-0.39, 0.29) is 0 Å². The van der Waals surface area contributed by atoms with Crippen LogP contribution in [0.25, 0.3) is 0 Å². The Kier molecular flexibility index (Phi) is 2.86. The van der Waals surface area contributed by atoms with E-state index in [0.717, 1.165) is 17.9 Å². The summed E-state index contributed by atoms with van der Waals surface area (Å²) in [6, 6.07) is 3.96. The Morgan fingerprint density at radius 2 is 2.40 bits per heavy atom. The highest BCUT2D eigenvalue weighted by molar-refractivity contribution is 5.43. The average Bonchev–Trinajstić information content (AvgIpc) is 3.02. The maximum absolute atomic E-state index is 8.95. The Hall–Kier alpha value is -1.56. The number of nitriles is 1. The molecule has 0 bridgehead atoms. The molecule has 0 N–H and O–H groups in total. The molecule has 0 atom stereocenters. The predicted octanol–water partition coefficient (Wildman–Crippen LogP) is 2.44. The van der Waals surface area contributed by atoms with Gasteiger partial charge in [-0.1, -0.05) is 12.8 Å². The molecule has 1 aliphatic carbocycles. The number of aromatic nitrogens is 1. The van der Waals surface area contributed by atoms with Crippen LogP contribution in [0.15, 0.2) is 12.3 Å². The van der Waals surface area contributed by atoms with Crippen molar-refractivity contribution in [2.75, 3.05) is 6.61 Å². The van der Waals surface area contributed by atoms with Gasteiger partial charge >= 0.3 is 0 Å². The summed E-state index contributed by atoms with van der Waals surface area (Å²) in [5.74, 6) is 1.33. The summed E-state index contributed by atoms with van der Waals surface area (Å²) in [6.45, 7) is 2.57. The van der Waals surface area contributed by atoms with Gasteiger partial charge in [0.2, 0.25) is 5.88 Å². The largest absolute Gasteiger partial charge is 0.477 e. The SMILES string of the molecule is Cc1ccnc(OCCC2CC2)c1C#N. The van der Waals surface area contributed by atoms with Crippen LogP contribution >= 0.6 is 0 Å². The van der Waals surface area contributed by atoms with Gasteiger partial charge < -0.3 is 4.74 Å². The summed E-state index contributed by atoms with van der Waals surface area (Å²) in [6.07, 6.45) is 5.43. The third-order valence-electron chi connectivity index (χ3n) is 2.70. The molecule has 3 heteroatoms. The number of rotatable bonds is 4. The van der Waals surface area contributed by atoms with Crippen LogP contribution in [0.3, 0.4) is 0 Å². The molecule has 78 valence electrons. The molecule has 0 aliphatic heterocycles. The quantitative estimate of drug-likeness (QED) is 0.753. The smallest absolute Gasteiger partial charge is 0.231 e. The van der Waals surface area contributed by atoms with E-state index >= 15 is 0 Å². The first-order chi connectivity index (χ1) is 7.31. The third kappa shape index (κ3) is 2.47. The van der Waals surface area contributed by atoms with Gasteiger partial charge in [-0.2, -0.15) is 5.26 Å². The zero-order valence-corrected chi connectivity index (χ0v) is 8.86. The van der Waals surface area contributed by atoms with E-state index in [4.69, 9.17) is 10.00 Å². The lowest BCUT2D eigenvalue weighted by Crippen LogP contribution is -2.02. The molecule has 0 unspecified atom stereocenters. The Morgan fingerprint density at radius 1 is 1.60 bits per heavy atom. The lowest BCUT2D eigenvalue weighted by atomic mass is 10.2. The molecule has 0 aromatic carbocycles. The van der Waals surface area contributed by atoms with Crippen molar-refractivity contribution in [1.29, 1.82) is 5.26 Å². The average molecular weight is 202 g/mol. The van der Waals surface area contributed by atoms with E-state index in [1.54, 1.807) is 6.20 Å². The maximum Gasteiger partial charge on any atom is 0.231 e. The summed E-state index contributed by atoms with van der Waals surface area (Å²) in [5, 5.41) is 8.95. The number of nitrogens with zero attached hydrogens (tertiary/aromatic N) is 2. The molecule has 2 rings (SSSR count). The number of ether oxygens (including phenoxy) is 1. The Balaban J connectivity index is 1.99. The fourth-order valence-electron chi connectivity index (χ4n) is 1.51. The molecular weight excluding hydrogens is 188 g/mol. The van der Waals surface area contributed by atoms with Crippen LogP contribution in [0.1, 0.15) is 30.4 Å². The second-order valence-electron chi connectivity index (χ2n) is 4.00. The maximum atomic E-state index is 8.95. The van der Waals surface area contributed by atoms with Crippen molar-refractivity contribution in [2.24, 2.45) is 5.92 Å². The van der Waals surface area contributed by atoms with Gasteiger partial charge in [0, 0.05) is 6.20 Å². The minimum absolute atomic E-state index is 0.484. The molecule has 1 aromatic heterocycles. The van der Waals surface area contributed by atoms with Crippen LogP contribution in [0, 0.1) is 24.2 Å². The minimum atomic E-state index is 0.484. The first-order valence-corrected chi connectivity index (χ1v) is 5.29. The highest BCUT2D eigenvalue weighted by Crippen LogP contribution is 2.32. The molecule has 1 fully saturated rings. The summed E-state index contributed by atoms with van der Waals surface area (Å²) in [5.41, 5.74) is 1.49. The Bertz CT molecular complexity index is 391. The number of hydrogen-bond acceptors (Lipinski definition) is 3. The molecule has 0 saturated heterocycles. The lowest BCUT2D eigenvalue weighted by molar-refractivity contribution is 0.290. The van der Waals surface area contributed by atoms with Crippen LogP contribution in [0.5, 0.6) is 5.88 Å². The van der Waals surface area contributed by atoms with Gasteiger partial charge in [0.25, 0.3) is 0 Å². The Labute approximate surface area is 89.7 Å². The highest BCUT2D eigenvalue weighted by atomic mass is 16.5. The molecule has 1 aliphatic rings. The standard InChI is InChI=1S/C12H14N2O/c1-9-4-6-14-12(11(9)8-13)15-7-5-10-2-3-10/h4,6,10H,2-3,5,7H2,1H3. The van der Waals surface area contributed by atoms with Crippen LogP contribution < -0.4 is 4.74 Å². The van der Waals surface area contributed by atoms with Crippen molar-refractivity contribution < 1.29 is 4.74 Å². The first-order valence-electron chi connectivity index (χ1n) is 5.29. The fourth-order valence-corrected chi connectivity index (χ4v) is 1.51. The lowest BCUT2D eigenvalue weighted by Gasteiger charge is -2.07. The van der Waals surface area contributed by atoms with Crippen molar-refractivity contribution in [3.8, 4) is 11.9 Å². The molecule has 0 amide bonds. The molecule has 1 saturated carbocycles. The zero-order chi connectivity index (χ0) is 10.7. The van der Waals surface area contributed by atoms with Crippen molar-refractivity contribution >= 4 is 0 Å². The molecular formula is C12H14N2O. The van der Waals surface area contributed by atoms with E-state index in [2.05, 4.69) is 11.1 Å². The Morgan fingerprint density at radius 3 is 3.07 bits per heavy atom. The predicted molar refractivity (Wildman–Crippen MR) is 56.5 cm³/mol. The number of hydrogen-bond donors (Lipinski definition) is 0. The van der Waals surface area contributed by atoms with Gasteiger partial charge in [-0.15, -0.1) is 0 Å². The number of pyridine rings is 1. The van der Waals surface area contributed by atoms with Gasteiger partial charge in [0.05, 0.1) is 6.61 Å². The summed E-state index contributed by atoms with van der Waals surface area (Å²) >= 11 is 0. The van der Waals surface area contributed by atoms with Crippen LogP contribution in [0.2, 0.25) is 0 Å². The summed E-state index contributed by atoms with van der Waals surface area (Å²) < 4.78 is 5.53. The van der Waals surface area contributed by atoms with Gasteiger partial charge in [0.1, 0.15) is 11.6 Å². The minimum Gasteiger partial charge on any atom is -0.477 e. The van der Waals surface area contributed by atoms with Crippen molar-refractivity contribution in [2.45, 2.75) is 26.2 Å². The van der Waals surface area contributed by atoms with E-state index in [0.29, 0.717) is 18.1 Å². The molecule has 1 aromatic rings. The van der Waals surface area contributed by atoms with E-state index in [1.807, 2.05) is 13.0 Å². The second kappa shape index (κ2) is 4.31. The van der Waals surface area contributed by atoms with Crippen molar-refractivity contribution in [3.05, 3.63) is 23.4 Å². The topological polar surface area (TPSA) is 45.9 Å². The van der Waals surface area contributed by atoms with Crippen molar-refractivity contribution in [1.82, 2.24) is 4.98 Å². The van der Waals surface area contributed by atoms with Crippen LogP contribution in [-0.2, 0) is 0 Å².